The molecule has 0 rings (SSSR count). The van der Waals surface area contributed by atoms with Crippen molar-refractivity contribution in [3.63, 3.8) is 0 Å². The van der Waals surface area contributed by atoms with Crippen LogP contribution in [0, 0.1) is 0 Å². The molecule has 0 aliphatic carbocycles. The van der Waals surface area contributed by atoms with Crippen LogP contribution in [0.3, 0.4) is 0 Å². The van der Waals surface area contributed by atoms with Crippen molar-refractivity contribution < 1.29 is 42.9 Å². The molecule has 0 bridgehead atoms. The third-order valence-electron chi connectivity index (χ3n) is 12.5. The minimum Gasteiger partial charge on any atom is -0.477 e. The van der Waals surface area contributed by atoms with Crippen LogP contribution in [0.25, 0.3) is 0 Å². The van der Waals surface area contributed by atoms with E-state index < -0.39 is 24.3 Å². The fraction of sp³-hybridized carbons (Fsp3) is 0.682. The van der Waals surface area contributed by atoms with Crippen LogP contribution in [0.2, 0.25) is 0 Å². The lowest BCUT2D eigenvalue weighted by Crippen LogP contribution is -2.40. The first-order valence-corrected chi connectivity index (χ1v) is 30.1. The van der Waals surface area contributed by atoms with Gasteiger partial charge >= 0.3 is 17.9 Å². The van der Waals surface area contributed by atoms with Gasteiger partial charge in [-0.05, 0) is 96.3 Å². The number of ether oxygens (including phenoxy) is 4. The summed E-state index contributed by atoms with van der Waals surface area (Å²) in [6, 6.07) is 0. The zero-order valence-corrected chi connectivity index (χ0v) is 48.7. The van der Waals surface area contributed by atoms with E-state index in [1.165, 1.54) is 83.5 Å². The molecule has 0 aromatic heterocycles. The highest BCUT2D eigenvalue weighted by Crippen LogP contribution is 2.16. The van der Waals surface area contributed by atoms with Gasteiger partial charge in [0.15, 0.2) is 6.10 Å². The predicted octanol–water partition coefficient (Wildman–Crippen LogP) is 17.9. The van der Waals surface area contributed by atoms with E-state index in [2.05, 4.69) is 123 Å². The lowest BCUT2D eigenvalue weighted by molar-refractivity contribution is -0.870. The van der Waals surface area contributed by atoms with Gasteiger partial charge in [-0.3, -0.25) is 9.59 Å². The van der Waals surface area contributed by atoms with E-state index in [4.69, 9.17) is 18.9 Å². The number of rotatable bonds is 54. The Morgan fingerprint density at radius 3 is 1.15 bits per heavy atom. The predicted molar refractivity (Wildman–Crippen MR) is 318 cm³/mol. The van der Waals surface area contributed by atoms with Crippen LogP contribution in [-0.2, 0) is 33.3 Å². The molecular weight excluding hydrogens is 935 g/mol. The van der Waals surface area contributed by atoms with Gasteiger partial charge < -0.3 is 28.5 Å². The van der Waals surface area contributed by atoms with Gasteiger partial charge in [0.1, 0.15) is 13.2 Å². The Balaban J connectivity index is 4.05. The normalized spacial score (nSPS) is 13.6. The third kappa shape index (κ3) is 57.5. The van der Waals surface area contributed by atoms with Crippen molar-refractivity contribution in [1.82, 2.24) is 0 Å². The first-order chi connectivity index (χ1) is 36.6. The van der Waals surface area contributed by atoms with E-state index in [0.29, 0.717) is 17.4 Å². The largest absolute Gasteiger partial charge is 0.477 e. The van der Waals surface area contributed by atoms with Crippen LogP contribution < -0.4 is 0 Å². The molecule has 2 atom stereocenters. The van der Waals surface area contributed by atoms with Gasteiger partial charge in [0, 0.05) is 12.8 Å². The van der Waals surface area contributed by atoms with Crippen LogP contribution in [-0.4, -0.2) is 87.4 Å². The number of unbranched alkanes of at least 4 members (excludes halogenated alkanes) is 21. The molecule has 9 heteroatoms. The van der Waals surface area contributed by atoms with E-state index in [1.807, 2.05) is 21.1 Å². The third-order valence-corrected chi connectivity index (χ3v) is 12.5. The fourth-order valence-electron chi connectivity index (χ4n) is 7.89. The van der Waals surface area contributed by atoms with E-state index in [1.54, 1.807) is 0 Å². The summed E-state index contributed by atoms with van der Waals surface area (Å²) < 4.78 is 22.8. The molecule has 0 aromatic rings. The molecule has 9 nitrogen and oxygen atoms in total. The summed E-state index contributed by atoms with van der Waals surface area (Å²) in [5, 5.41) is 9.68. The molecule has 0 radical (unpaired) electrons. The Morgan fingerprint density at radius 1 is 0.413 bits per heavy atom. The molecule has 1 N–H and O–H groups in total. The number of aliphatic carboxylic acids is 1. The SMILES string of the molecule is CC/C=C\C/C=C\C/C=C\C/C=C\C/C=C\C/C=C\C/C=C\C/C=C\CCCCCCCCCCCCCCCCC(=O)OC(COC(=O)CCCCCCC/C=C\CCCC)COC(OCC[N+](C)(C)C)C(=O)O. The van der Waals surface area contributed by atoms with Gasteiger partial charge in [0.05, 0.1) is 34.4 Å². The van der Waals surface area contributed by atoms with Crippen LogP contribution in [0.15, 0.2) is 109 Å². The Hall–Kier alpha value is -4.05. The molecule has 0 aliphatic heterocycles. The molecule has 0 fully saturated rings. The summed E-state index contributed by atoms with van der Waals surface area (Å²) >= 11 is 0. The Kier molecular flexibility index (Phi) is 53.1. The maximum absolute atomic E-state index is 12.9. The molecule has 0 amide bonds. The molecular formula is C66H112NO8+. The highest BCUT2D eigenvalue weighted by atomic mass is 16.7. The van der Waals surface area contributed by atoms with Gasteiger partial charge in [-0.1, -0.05) is 232 Å². The van der Waals surface area contributed by atoms with Crippen LogP contribution >= 0.6 is 0 Å². The van der Waals surface area contributed by atoms with E-state index in [0.717, 1.165) is 116 Å². The van der Waals surface area contributed by atoms with Crippen LogP contribution in [0.5, 0.6) is 0 Å². The quantitative estimate of drug-likeness (QED) is 0.0211. The van der Waals surface area contributed by atoms with E-state index >= 15 is 0 Å². The van der Waals surface area contributed by atoms with Crippen molar-refractivity contribution in [1.29, 1.82) is 0 Å². The average molecular weight is 1050 g/mol. The number of nitrogens with zero attached hydrogens (tertiary/aromatic N) is 1. The molecule has 0 saturated carbocycles. The minimum absolute atomic E-state index is 0.183. The van der Waals surface area contributed by atoms with Crippen molar-refractivity contribution in [2.75, 3.05) is 47.5 Å². The van der Waals surface area contributed by atoms with Crippen molar-refractivity contribution >= 4 is 17.9 Å². The van der Waals surface area contributed by atoms with Crippen LogP contribution in [0.4, 0.5) is 0 Å². The van der Waals surface area contributed by atoms with E-state index in [-0.39, 0.29) is 38.6 Å². The second kappa shape index (κ2) is 56.2. The maximum Gasteiger partial charge on any atom is 0.361 e. The molecule has 0 aliphatic rings. The summed E-state index contributed by atoms with van der Waals surface area (Å²) in [5.41, 5.74) is 0. The van der Waals surface area contributed by atoms with Gasteiger partial charge in [-0.15, -0.1) is 0 Å². The fourth-order valence-corrected chi connectivity index (χ4v) is 7.89. The molecule has 0 spiro atoms. The number of carbonyl (C=O) groups excluding carboxylic acids is 2. The number of quaternary nitrogens is 1. The number of allylic oxidation sites excluding steroid dienone is 18. The second-order valence-electron chi connectivity index (χ2n) is 20.9. The van der Waals surface area contributed by atoms with E-state index in [9.17, 15) is 19.5 Å². The number of carbonyl (C=O) groups is 3. The summed E-state index contributed by atoms with van der Waals surface area (Å²) in [6.07, 6.45) is 74.8. The Labute approximate surface area is 460 Å². The van der Waals surface area contributed by atoms with Crippen molar-refractivity contribution in [3.05, 3.63) is 109 Å². The molecule has 0 saturated heterocycles. The summed E-state index contributed by atoms with van der Waals surface area (Å²) in [4.78, 5) is 37.3. The summed E-state index contributed by atoms with van der Waals surface area (Å²) in [6.45, 7) is 4.70. The van der Waals surface area contributed by atoms with Gasteiger partial charge in [-0.25, -0.2) is 4.79 Å². The molecule has 2 unspecified atom stereocenters. The van der Waals surface area contributed by atoms with Crippen LogP contribution in [0.1, 0.15) is 232 Å². The minimum atomic E-state index is -1.51. The number of carboxylic acids is 1. The first-order valence-electron chi connectivity index (χ1n) is 30.1. The number of likely N-dealkylation sites (N-methyl/N-ethyl adjacent to an activating group) is 1. The Bertz CT molecular complexity index is 1590. The topological polar surface area (TPSA) is 108 Å². The molecule has 0 heterocycles. The molecule has 428 valence electrons. The number of esters is 2. The van der Waals surface area contributed by atoms with Crippen molar-refractivity contribution in [2.45, 2.75) is 245 Å². The van der Waals surface area contributed by atoms with Crippen molar-refractivity contribution in [3.8, 4) is 0 Å². The number of carboxylic acid groups (broad SMARTS) is 1. The lowest BCUT2D eigenvalue weighted by atomic mass is 10.0. The Morgan fingerprint density at radius 2 is 0.760 bits per heavy atom. The van der Waals surface area contributed by atoms with Crippen molar-refractivity contribution in [2.24, 2.45) is 0 Å². The molecule has 0 aromatic carbocycles. The summed E-state index contributed by atoms with van der Waals surface area (Å²) in [5.74, 6) is -2.02. The highest BCUT2D eigenvalue weighted by molar-refractivity contribution is 5.71. The highest BCUT2D eigenvalue weighted by Gasteiger charge is 2.25. The standard InChI is InChI=1S/C66H111NO8/c1-6-8-10-12-14-16-18-19-20-21-22-23-24-25-26-27-28-29-30-31-32-33-34-35-36-37-38-39-40-41-42-43-44-45-47-49-51-53-55-57-64(69)75-62(61-74-66(65(70)71)72-59-58-67(3,4)5)60-73-63(68)56-54-52-50-48-46-17-15-13-11-9-7-2/h8,10,13-16,19-20,22-23,25-26,28-29,31-32,34-35,62,66H,6-7,9,11-12,17-18,21,24,27,30,33,36-61H2,1-5H3/p+1/b10-8-,15-13-,16-14-,20-19-,23-22-,26-25-,29-28-,32-31-,35-34-. The monoisotopic (exact) mass is 1050 g/mol. The van der Waals surface area contributed by atoms with Gasteiger partial charge in [-0.2, -0.15) is 0 Å². The average Bonchev–Trinajstić information content (AvgIpc) is 3.38. The summed E-state index contributed by atoms with van der Waals surface area (Å²) in [7, 11) is 5.96. The zero-order chi connectivity index (χ0) is 54.8. The number of hydrogen-bond donors (Lipinski definition) is 1. The second-order valence-corrected chi connectivity index (χ2v) is 20.9. The maximum atomic E-state index is 12.9. The molecule has 75 heavy (non-hydrogen) atoms. The number of hydrogen-bond acceptors (Lipinski definition) is 7. The lowest BCUT2D eigenvalue weighted by Gasteiger charge is -2.25. The first kappa shape index (κ1) is 71.0. The van der Waals surface area contributed by atoms with Gasteiger partial charge in [0.25, 0.3) is 6.29 Å². The zero-order valence-electron chi connectivity index (χ0n) is 48.7. The smallest absolute Gasteiger partial charge is 0.361 e. The van der Waals surface area contributed by atoms with Gasteiger partial charge in [0.2, 0.25) is 0 Å².